The summed E-state index contributed by atoms with van der Waals surface area (Å²) in [5.41, 5.74) is 2.02. The Morgan fingerprint density at radius 2 is 1.92 bits per heavy atom. The van der Waals surface area contributed by atoms with Crippen LogP contribution in [0, 0.1) is 11.8 Å². The number of amides is 3. The van der Waals surface area contributed by atoms with Crippen LogP contribution >= 0.6 is 0 Å². The number of carbonyl (C=O) groups excluding carboxylic acids is 2. The summed E-state index contributed by atoms with van der Waals surface area (Å²) < 4.78 is 40.5. The van der Waals surface area contributed by atoms with Crippen LogP contribution in [-0.4, -0.2) is 41.0 Å². The molecule has 3 atom stereocenters. The minimum absolute atomic E-state index is 0.0858. The van der Waals surface area contributed by atoms with Gasteiger partial charge in [-0.25, -0.2) is 4.79 Å². The number of aromatic nitrogens is 2. The van der Waals surface area contributed by atoms with E-state index in [2.05, 4.69) is 25.9 Å². The fourth-order valence-corrected chi connectivity index (χ4v) is 5.02. The summed E-state index contributed by atoms with van der Waals surface area (Å²) in [4.78, 5) is 32.5. The van der Waals surface area contributed by atoms with E-state index in [1.807, 2.05) is 26.0 Å². The number of aryl methyl sites for hydroxylation is 1. The Morgan fingerprint density at radius 1 is 1.16 bits per heavy atom. The van der Waals surface area contributed by atoms with Crippen molar-refractivity contribution < 1.29 is 22.8 Å². The Labute approximate surface area is 220 Å². The van der Waals surface area contributed by atoms with Gasteiger partial charge in [0.2, 0.25) is 5.91 Å². The molecule has 1 aliphatic rings. The lowest BCUT2D eigenvalue weighted by molar-refractivity contribution is -0.136. The van der Waals surface area contributed by atoms with E-state index in [0.29, 0.717) is 37.6 Å². The SMILES string of the molecule is CCC(C)[C@@H](CNC(=O)NCCc1ccncc1)NC(=O)[C@H]1CCc2[nH]c3c(C(F)(F)F)cccc3c2C1. The lowest BCUT2D eigenvalue weighted by Crippen LogP contribution is -2.51. The molecule has 4 rings (SSSR count). The van der Waals surface area contributed by atoms with Crippen LogP contribution in [0.3, 0.4) is 0 Å². The number of nitrogens with zero attached hydrogens (tertiary/aromatic N) is 1. The van der Waals surface area contributed by atoms with Crippen LogP contribution in [0.5, 0.6) is 0 Å². The Kier molecular flexibility index (Phi) is 8.58. The van der Waals surface area contributed by atoms with Crippen LogP contribution in [0.1, 0.15) is 49.1 Å². The maximum Gasteiger partial charge on any atom is 0.418 e. The van der Waals surface area contributed by atoms with Gasteiger partial charge in [-0.05, 0) is 60.9 Å². The second-order valence-electron chi connectivity index (χ2n) is 9.99. The first-order valence-corrected chi connectivity index (χ1v) is 13.1. The van der Waals surface area contributed by atoms with E-state index in [1.54, 1.807) is 18.5 Å². The summed E-state index contributed by atoms with van der Waals surface area (Å²) in [5.74, 6) is -0.364. The number of para-hydroxylation sites is 1. The quantitative estimate of drug-likeness (QED) is 0.322. The number of fused-ring (bicyclic) bond motifs is 3. The summed E-state index contributed by atoms with van der Waals surface area (Å²) in [6.45, 7) is 4.80. The maximum atomic E-state index is 13.5. The lowest BCUT2D eigenvalue weighted by atomic mass is 9.85. The Morgan fingerprint density at radius 3 is 2.63 bits per heavy atom. The number of carbonyl (C=O) groups is 2. The van der Waals surface area contributed by atoms with Gasteiger partial charge in [-0.2, -0.15) is 13.2 Å². The molecule has 0 bridgehead atoms. The molecule has 3 amide bonds. The highest BCUT2D eigenvalue weighted by Crippen LogP contribution is 2.39. The number of H-pyrrole nitrogens is 1. The van der Waals surface area contributed by atoms with Gasteiger partial charge in [-0.1, -0.05) is 32.4 Å². The number of urea groups is 1. The zero-order chi connectivity index (χ0) is 27.3. The van der Waals surface area contributed by atoms with Crippen LogP contribution in [0.25, 0.3) is 10.9 Å². The van der Waals surface area contributed by atoms with Crippen molar-refractivity contribution in [1.82, 2.24) is 25.9 Å². The highest BCUT2D eigenvalue weighted by molar-refractivity contribution is 5.89. The third-order valence-electron chi connectivity index (χ3n) is 7.49. The molecule has 4 N–H and O–H groups in total. The van der Waals surface area contributed by atoms with Gasteiger partial charge in [-0.15, -0.1) is 0 Å². The molecule has 0 fully saturated rings. The standard InChI is InChI=1S/C28H34F3N5O2/c1-3-17(2)24(16-34-27(38)33-14-11-18-9-12-32-13-10-18)36-26(37)19-7-8-23-21(15-19)20-5-4-6-22(25(20)35-23)28(29,30)31/h4-6,9-10,12-13,17,19,24,35H,3,7-8,11,14-16H2,1-2H3,(H,36,37)(H2,33,34,38)/t17?,19-,24+/m0/s1. The average molecular weight is 530 g/mol. The van der Waals surface area contributed by atoms with E-state index in [0.717, 1.165) is 29.3 Å². The smallest absolute Gasteiger partial charge is 0.358 e. The number of halogens is 3. The monoisotopic (exact) mass is 529 g/mol. The minimum Gasteiger partial charge on any atom is -0.358 e. The summed E-state index contributed by atoms with van der Waals surface area (Å²) in [7, 11) is 0. The molecular formula is C28H34F3N5O2. The Balaban J connectivity index is 1.35. The van der Waals surface area contributed by atoms with E-state index < -0.39 is 11.7 Å². The lowest BCUT2D eigenvalue weighted by Gasteiger charge is -2.28. The number of rotatable bonds is 9. The van der Waals surface area contributed by atoms with Crippen LogP contribution in [0.4, 0.5) is 18.0 Å². The first-order chi connectivity index (χ1) is 18.2. The molecule has 1 aromatic carbocycles. The molecule has 1 unspecified atom stereocenters. The van der Waals surface area contributed by atoms with Crippen molar-refractivity contribution in [1.29, 1.82) is 0 Å². The fourth-order valence-electron chi connectivity index (χ4n) is 5.02. The zero-order valence-corrected chi connectivity index (χ0v) is 21.6. The normalized spacial score (nSPS) is 16.9. The molecule has 1 aliphatic carbocycles. The first-order valence-electron chi connectivity index (χ1n) is 13.1. The van der Waals surface area contributed by atoms with Gasteiger partial charge in [-0.3, -0.25) is 9.78 Å². The third-order valence-corrected chi connectivity index (χ3v) is 7.49. The third kappa shape index (κ3) is 6.46. The molecule has 38 heavy (non-hydrogen) atoms. The predicted octanol–water partition coefficient (Wildman–Crippen LogP) is 4.76. The highest BCUT2D eigenvalue weighted by atomic mass is 19.4. The van der Waals surface area contributed by atoms with Gasteiger partial charge >= 0.3 is 12.2 Å². The van der Waals surface area contributed by atoms with E-state index in [9.17, 15) is 22.8 Å². The number of alkyl halides is 3. The Hall–Kier alpha value is -3.56. The highest BCUT2D eigenvalue weighted by Gasteiger charge is 2.35. The van der Waals surface area contributed by atoms with E-state index in [4.69, 9.17) is 0 Å². The fraction of sp³-hybridized carbons (Fsp3) is 0.464. The molecule has 3 aromatic rings. The van der Waals surface area contributed by atoms with Gasteiger partial charge in [0.05, 0.1) is 11.1 Å². The summed E-state index contributed by atoms with van der Waals surface area (Å²) in [5, 5.41) is 9.32. The van der Waals surface area contributed by atoms with Crippen molar-refractivity contribution in [2.45, 2.75) is 58.2 Å². The van der Waals surface area contributed by atoms with Gasteiger partial charge in [0.15, 0.2) is 0 Å². The second-order valence-corrected chi connectivity index (χ2v) is 9.99. The number of hydrogen-bond acceptors (Lipinski definition) is 3. The van der Waals surface area contributed by atoms with Crippen LogP contribution in [0.15, 0.2) is 42.7 Å². The van der Waals surface area contributed by atoms with Crippen molar-refractivity contribution in [2.24, 2.45) is 11.8 Å². The number of nitrogens with one attached hydrogen (secondary N) is 4. The summed E-state index contributed by atoms with van der Waals surface area (Å²) in [6, 6.07) is 7.40. The number of hydrogen-bond donors (Lipinski definition) is 4. The molecule has 204 valence electrons. The zero-order valence-electron chi connectivity index (χ0n) is 21.6. The number of benzene rings is 1. The number of aromatic amines is 1. The average Bonchev–Trinajstić information content (AvgIpc) is 3.28. The van der Waals surface area contributed by atoms with Gasteiger partial charge in [0, 0.05) is 48.5 Å². The van der Waals surface area contributed by atoms with E-state index >= 15 is 0 Å². The Bertz CT molecular complexity index is 1260. The summed E-state index contributed by atoms with van der Waals surface area (Å²) >= 11 is 0. The number of pyridine rings is 1. The van der Waals surface area contributed by atoms with Gasteiger partial charge < -0.3 is 20.9 Å². The maximum absolute atomic E-state index is 13.5. The molecule has 10 heteroatoms. The van der Waals surface area contributed by atoms with Gasteiger partial charge in [0.1, 0.15) is 0 Å². The molecule has 2 heterocycles. The second kappa shape index (κ2) is 11.9. The van der Waals surface area contributed by atoms with Crippen molar-refractivity contribution in [3.8, 4) is 0 Å². The van der Waals surface area contributed by atoms with Crippen molar-refractivity contribution in [2.75, 3.05) is 13.1 Å². The first kappa shape index (κ1) is 27.5. The molecule has 2 aromatic heterocycles. The topological polar surface area (TPSA) is 98.9 Å². The van der Waals surface area contributed by atoms with Crippen LogP contribution in [-0.2, 0) is 30.2 Å². The van der Waals surface area contributed by atoms with Gasteiger partial charge in [0.25, 0.3) is 0 Å². The molecular weight excluding hydrogens is 495 g/mol. The van der Waals surface area contributed by atoms with Crippen molar-refractivity contribution in [3.63, 3.8) is 0 Å². The minimum atomic E-state index is -4.45. The molecule has 0 saturated heterocycles. The van der Waals surface area contributed by atoms with Crippen molar-refractivity contribution >= 4 is 22.8 Å². The molecule has 0 spiro atoms. The van der Waals surface area contributed by atoms with Crippen LogP contribution in [0.2, 0.25) is 0 Å². The largest absolute Gasteiger partial charge is 0.418 e. The summed E-state index contributed by atoms with van der Waals surface area (Å²) in [6.07, 6.45) is 1.89. The molecule has 7 nitrogen and oxygen atoms in total. The van der Waals surface area contributed by atoms with Crippen LogP contribution < -0.4 is 16.0 Å². The van der Waals surface area contributed by atoms with E-state index in [-0.39, 0.29) is 41.9 Å². The van der Waals surface area contributed by atoms with E-state index in [1.165, 1.54) is 6.07 Å². The molecule has 0 aliphatic heterocycles. The molecule has 0 saturated carbocycles. The predicted molar refractivity (Wildman–Crippen MR) is 140 cm³/mol. The van der Waals surface area contributed by atoms with Crippen molar-refractivity contribution in [3.05, 3.63) is 65.1 Å². The molecule has 0 radical (unpaired) electrons.